The van der Waals surface area contributed by atoms with Crippen LogP contribution in [0.15, 0.2) is 53.2 Å². The van der Waals surface area contributed by atoms with Gasteiger partial charge in [0.2, 0.25) is 0 Å². The number of benzene rings is 1. The van der Waals surface area contributed by atoms with Gasteiger partial charge in [0.15, 0.2) is 5.76 Å². The lowest BCUT2D eigenvalue weighted by Crippen LogP contribution is -1.78. The van der Waals surface area contributed by atoms with Crippen molar-refractivity contribution in [3.05, 3.63) is 48.7 Å². The fraction of sp³-hybridized carbons (Fsp3) is 0. The van der Waals surface area contributed by atoms with Gasteiger partial charge in [0.1, 0.15) is 11.2 Å². The Kier molecular flexibility index (Phi) is 1.75. The average Bonchev–Trinajstić information content (AvgIpc) is 2.74. The smallest absolute Gasteiger partial charge is 0.193 e. The summed E-state index contributed by atoms with van der Waals surface area (Å²) in [5.41, 5.74) is 1.67. The minimum Gasteiger partial charge on any atom is -0.353 e. The fourth-order valence-corrected chi connectivity index (χ4v) is 1.57. The first kappa shape index (κ1) is 8.17. The standard InChI is InChI=1S/C12H8N2O/c1-2-6-10-9(5-1)12(15-14-10)11-7-3-4-8-13-11/h1-8H. The molecule has 0 saturated heterocycles. The lowest BCUT2D eigenvalue weighted by atomic mass is 10.2. The summed E-state index contributed by atoms with van der Waals surface area (Å²) in [5, 5.41) is 4.98. The third-order valence-electron chi connectivity index (χ3n) is 2.28. The fourth-order valence-electron chi connectivity index (χ4n) is 1.57. The first-order chi connectivity index (χ1) is 7.45. The predicted molar refractivity (Wildman–Crippen MR) is 57.2 cm³/mol. The molecule has 72 valence electrons. The SMILES string of the molecule is c1ccc(-c2onc3ccccc23)nc1. The van der Waals surface area contributed by atoms with E-state index in [2.05, 4.69) is 10.1 Å². The van der Waals surface area contributed by atoms with Crippen LogP contribution in [-0.4, -0.2) is 10.1 Å². The largest absolute Gasteiger partial charge is 0.353 e. The highest BCUT2D eigenvalue weighted by molar-refractivity contribution is 5.90. The summed E-state index contributed by atoms with van der Waals surface area (Å²) in [6, 6.07) is 13.5. The van der Waals surface area contributed by atoms with Gasteiger partial charge in [-0.3, -0.25) is 4.98 Å². The zero-order chi connectivity index (χ0) is 10.1. The molecule has 0 N–H and O–H groups in total. The van der Waals surface area contributed by atoms with E-state index in [1.165, 1.54) is 0 Å². The van der Waals surface area contributed by atoms with Crippen molar-refractivity contribution in [3.63, 3.8) is 0 Å². The maximum absolute atomic E-state index is 5.29. The van der Waals surface area contributed by atoms with Crippen molar-refractivity contribution in [2.45, 2.75) is 0 Å². The number of aromatic nitrogens is 2. The average molecular weight is 196 g/mol. The van der Waals surface area contributed by atoms with E-state index in [1.54, 1.807) is 6.20 Å². The zero-order valence-corrected chi connectivity index (χ0v) is 7.92. The van der Waals surface area contributed by atoms with Crippen molar-refractivity contribution in [2.24, 2.45) is 0 Å². The first-order valence-corrected chi connectivity index (χ1v) is 4.71. The highest BCUT2D eigenvalue weighted by Crippen LogP contribution is 2.26. The number of hydrogen-bond donors (Lipinski definition) is 0. The van der Waals surface area contributed by atoms with E-state index < -0.39 is 0 Å². The lowest BCUT2D eigenvalue weighted by Gasteiger charge is -1.93. The number of nitrogens with zero attached hydrogens (tertiary/aromatic N) is 2. The molecule has 2 heterocycles. The monoisotopic (exact) mass is 196 g/mol. The van der Waals surface area contributed by atoms with E-state index in [4.69, 9.17) is 4.52 Å². The van der Waals surface area contributed by atoms with Gasteiger partial charge in [-0.1, -0.05) is 23.4 Å². The van der Waals surface area contributed by atoms with Gasteiger partial charge >= 0.3 is 0 Å². The molecule has 0 radical (unpaired) electrons. The van der Waals surface area contributed by atoms with E-state index in [9.17, 15) is 0 Å². The van der Waals surface area contributed by atoms with Crippen LogP contribution in [0, 0.1) is 0 Å². The number of rotatable bonds is 1. The van der Waals surface area contributed by atoms with Gasteiger partial charge in [0.05, 0.1) is 5.39 Å². The van der Waals surface area contributed by atoms with Crippen LogP contribution in [0.1, 0.15) is 0 Å². The molecule has 15 heavy (non-hydrogen) atoms. The minimum absolute atomic E-state index is 0.728. The maximum Gasteiger partial charge on any atom is 0.193 e. The van der Waals surface area contributed by atoms with Gasteiger partial charge in [0, 0.05) is 6.20 Å². The molecule has 0 aliphatic carbocycles. The van der Waals surface area contributed by atoms with E-state index in [1.807, 2.05) is 42.5 Å². The maximum atomic E-state index is 5.29. The van der Waals surface area contributed by atoms with Gasteiger partial charge in [0.25, 0.3) is 0 Å². The van der Waals surface area contributed by atoms with Gasteiger partial charge in [-0.05, 0) is 24.3 Å². The second-order valence-corrected chi connectivity index (χ2v) is 3.24. The Morgan fingerprint density at radius 2 is 1.80 bits per heavy atom. The normalized spacial score (nSPS) is 10.7. The molecule has 0 unspecified atom stereocenters. The van der Waals surface area contributed by atoms with Crippen LogP contribution in [0.25, 0.3) is 22.4 Å². The summed E-state index contributed by atoms with van der Waals surface area (Å²) in [6.45, 7) is 0. The second kappa shape index (κ2) is 3.20. The van der Waals surface area contributed by atoms with Crippen LogP contribution in [-0.2, 0) is 0 Å². The summed E-state index contributed by atoms with van der Waals surface area (Å²) >= 11 is 0. The Hall–Kier alpha value is -2.16. The van der Waals surface area contributed by atoms with Crippen LogP contribution in [0.4, 0.5) is 0 Å². The molecule has 0 spiro atoms. The van der Waals surface area contributed by atoms with Crippen LogP contribution >= 0.6 is 0 Å². The molecule has 3 heteroatoms. The number of fused-ring (bicyclic) bond motifs is 1. The molecule has 0 fully saturated rings. The van der Waals surface area contributed by atoms with Gasteiger partial charge in [-0.25, -0.2) is 0 Å². The third-order valence-corrected chi connectivity index (χ3v) is 2.28. The second-order valence-electron chi connectivity index (χ2n) is 3.24. The lowest BCUT2D eigenvalue weighted by molar-refractivity contribution is 0.439. The van der Waals surface area contributed by atoms with E-state index >= 15 is 0 Å². The van der Waals surface area contributed by atoms with Crippen molar-refractivity contribution in [1.82, 2.24) is 10.1 Å². The number of pyridine rings is 1. The van der Waals surface area contributed by atoms with Crippen LogP contribution in [0.5, 0.6) is 0 Å². The summed E-state index contributed by atoms with van der Waals surface area (Å²) < 4.78 is 5.29. The van der Waals surface area contributed by atoms with E-state index in [-0.39, 0.29) is 0 Å². The molecular weight excluding hydrogens is 188 g/mol. The summed E-state index contributed by atoms with van der Waals surface area (Å²) in [7, 11) is 0. The molecule has 3 aromatic rings. The highest BCUT2D eigenvalue weighted by atomic mass is 16.5. The van der Waals surface area contributed by atoms with Crippen molar-refractivity contribution in [1.29, 1.82) is 0 Å². The molecule has 1 aromatic carbocycles. The molecule has 0 atom stereocenters. The molecule has 0 aliphatic rings. The Labute approximate surface area is 86.4 Å². The zero-order valence-electron chi connectivity index (χ0n) is 7.92. The minimum atomic E-state index is 0.728. The predicted octanol–water partition coefficient (Wildman–Crippen LogP) is 2.89. The van der Waals surface area contributed by atoms with Gasteiger partial charge < -0.3 is 4.52 Å². The van der Waals surface area contributed by atoms with Crippen LogP contribution in [0.2, 0.25) is 0 Å². The Morgan fingerprint density at radius 1 is 0.933 bits per heavy atom. The van der Waals surface area contributed by atoms with Crippen molar-refractivity contribution >= 4 is 10.9 Å². The quantitative estimate of drug-likeness (QED) is 0.600. The highest BCUT2D eigenvalue weighted by Gasteiger charge is 2.09. The summed E-state index contributed by atoms with van der Waals surface area (Å²) in [5.74, 6) is 0.728. The molecule has 3 nitrogen and oxygen atoms in total. The Bertz CT molecular complexity index is 587. The van der Waals surface area contributed by atoms with E-state index in [0.29, 0.717) is 0 Å². The molecule has 3 rings (SSSR count). The Morgan fingerprint density at radius 3 is 2.67 bits per heavy atom. The molecule has 0 bridgehead atoms. The molecular formula is C12H8N2O. The molecule has 0 amide bonds. The first-order valence-electron chi connectivity index (χ1n) is 4.71. The van der Waals surface area contributed by atoms with E-state index in [0.717, 1.165) is 22.4 Å². The van der Waals surface area contributed by atoms with Crippen LogP contribution < -0.4 is 0 Å². The third kappa shape index (κ3) is 1.29. The van der Waals surface area contributed by atoms with Crippen molar-refractivity contribution in [3.8, 4) is 11.5 Å². The molecule has 0 aliphatic heterocycles. The van der Waals surface area contributed by atoms with Crippen LogP contribution in [0.3, 0.4) is 0 Å². The number of hydrogen-bond acceptors (Lipinski definition) is 3. The van der Waals surface area contributed by atoms with Gasteiger partial charge in [-0.15, -0.1) is 0 Å². The topological polar surface area (TPSA) is 38.9 Å². The van der Waals surface area contributed by atoms with Crippen molar-refractivity contribution in [2.75, 3.05) is 0 Å². The van der Waals surface area contributed by atoms with Gasteiger partial charge in [-0.2, -0.15) is 0 Å². The Balaban J connectivity index is 2.28. The van der Waals surface area contributed by atoms with Crippen molar-refractivity contribution < 1.29 is 4.52 Å². The molecule has 2 aromatic heterocycles. The summed E-state index contributed by atoms with van der Waals surface area (Å²) in [6.07, 6.45) is 1.74. The summed E-state index contributed by atoms with van der Waals surface area (Å²) in [4.78, 5) is 4.24. The molecule has 0 saturated carbocycles.